The number of amides is 1. The summed E-state index contributed by atoms with van der Waals surface area (Å²) >= 11 is 0. The number of nitrogens with one attached hydrogen (secondary N) is 2. The molecule has 0 unspecified atom stereocenters. The van der Waals surface area contributed by atoms with Gasteiger partial charge in [-0.1, -0.05) is 0 Å². The predicted octanol–water partition coefficient (Wildman–Crippen LogP) is 4.69. The Morgan fingerprint density at radius 1 is 0.931 bits per heavy atom. The van der Waals surface area contributed by atoms with Crippen LogP contribution in [0.15, 0.2) is 66.9 Å². The summed E-state index contributed by atoms with van der Waals surface area (Å²) in [5, 5.41) is 6.14. The minimum absolute atomic E-state index is 0.187. The second-order valence-electron chi connectivity index (χ2n) is 6.98. The molecule has 1 amide bonds. The maximum Gasteiger partial charge on any atom is 0.255 e. The number of nitrogens with zero attached hydrogens (tertiary/aromatic N) is 2. The molecule has 1 fully saturated rings. The van der Waals surface area contributed by atoms with Crippen molar-refractivity contribution in [3.05, 3.63) is 72.4 Å². The monoisotopic (exact) mass is 388 g/mol. The first-order valence-electron chi connectivity index (χ1n) is 9.75. The predicted molar refractivity (Wildman–Crippen MR) is 116 cm³/mol. The van der Waals surface area contributed by atoms with Crippen molar-refractivity contribution in [3.63, 3.8) is 0 Å². The highest BCUT2D eigenvalue weighted by atomic mass is 16.5. The third-order valence-corrected chi connectivity index (χ3v) is 4.98. The topological polar surface area (TPSA) is 66.5 Å². The van der Waals surface area contributed by atoms with E-state index >= 15 is 0 Å². The molecule has 0 aliphatic carbocycles. The number of rotatable bonds is 6. The van der Waals surface area contributed by atoms with E-state index in [0.717, 1.165) is 24.6 Å². The summed E-state index contributed by atoms with van der Waals surface area (Å²) in [6.07, 6.45) is 4.18. The largest absolute Gasteiger partial charge is 0.497 e. The van der Waals surface area contributed by atoms with Crippen LogP contribution in [-0.4, -0.2) is 31.1 Å². The minimum Gasteiger partial charge on any atom is -0.497 e. The van der Waals surface area contributed by atoms with E-state index in [1.807, 2.05) is 12.1 Å². The molecule has 3 aromatic rings. The molecule has 4 rings (SSSR count). The number of benzene rings is 2. The Morgan fingerprint density at radius 2 is 1.62 bits per heavy atom. The van der Waals surface area contributed by atoms with Crippen molar-refractivity contribution in [2.45, 2.75) is 12.8 Å². The van der Waals surface area contributed by atoms with E-state index in [2.05, 4.69) is 44.8 Å². The summed E-state index contributed by atoms with van der Waals surface area (Å²) in [5.41, 5.74) is 3.44. The van der Waals surface area contributed by atoms with Crippen molar-refractivity contribution >= 4 is 28.8 Å². The lowest BCUT2D eigenvalue weighted by atomic mass is 10.2. The summed E-state index contributed by atoms with van der Waals surface area (Å²) in [5.74, 6) is 1.25. The molecule has 0 bridgehead atoms. The van der Waals surface area contributed by atoms with Gasteiger partial charge in [0, 0.05) is 30.0 Å². The van der Waals surface area contributed by atoms with E-state index in [9.17, 15) is 4.79 Å². The molecule has 1 aliphatic heterocycles. The van der Waals surface area contributed by atoms with Gasteiger partial charge in [0.15, 0.2) is 0 Å². The zero-order valence-corrected chi connectivity index (χ0v) is 16.4. The number of hydrogen-bond acceptors (Lipinski definition) is 5. The molecule has 0 saturated carbocycles. The van der Waals surface area contributed by atoms with Gasteiger partial charge in [0.05, 0.1) is 19.0 Å². The Balaban J connectivity index is 1.35. The van der Waals surface area contributed by atoms with E-state index in [0.29, 0.717) is 17.0 Å². The molecule has 6 nitrogen and oxygen atoms in total. The third kappa shape index (κ3) is 4.66. The molecule has 29 heavy (non-hydrogen) atoms. The van der Waals surface area contributed by atoms with Gasteiger partial charge in [-0.15, -0.1) is 0 Å². The van der Waals surface area contributed by atoms with Crippen molar-refractivity contribution in [2.75, 3.05) is 35.7 Å². The number of carbonyl (C=O) groups is 1. The van der Waals surface area contributed by atoms with Gasteiger partial charge in [-0.05, 0) is 73.5 Å². The Labute approximate surface area is 170 Å². The SMILES string of the molecule is COc1ccc(C(=O)Nc2ccc(Nc3ccc(N4CCCC4)cc3)nc2)cc1. The van der Waals surface area contributed by atoms with E-state index < -0.39 is 0 Å². The fourth-order valence-electron chi connectivity index (χ4n) is 3.37. The molecule has 1 saturated heterocycles. The zero-order valence-electron chi connectivity index (χ0n) is 16.4. The summed E-state index contributed by atoms with van der Waals surface area (Å²) < 4.78 is 5.11. The smallest absolute Gasteiger partial charge is 0.255 e. The number of anilines is 4. The van der Waals surface area contributed by atoms with Gasteiger partial charge in [0.25, 0.3) is 5.91 Å². The van der Waals surface area contributed by atoms with Gasteiger partial charge >= 0.3 is 0 Å². The lowest BCUT2D eigenvalue weighted by Gasteiger charge is -2.17. The molecule has 0 radical (unpaired) electrons. The van der Waals surface area contributed by atoms with Gasteiger partial charge < -0.3 is 20.3 Å². The Bertz CT molecular complexity index is 948. The van der Waals surface area contributed by atoms with Crippen LogP contribution in [0.4, 0.5) is 22.9 Å². The quantitative estimate of drug-likeness (QED) is 0.641. The number of hydrogen-bond donors (Lipinski definition) is 2. The number of pyridine rings is 1. The average molecular weight is 388 g/mol. The van der Waals surface area contributed by atoms with Crippen LogP contribution in [0.2, 0.25) is 0 Å². The zero-order chi connectivity index (χ0) is 20.1. The highest BCUT2D eigenvalue weighted by Crippen LogP contribution is 2.24. The van der Waals surface area contributed by atoms with Gasteiger partial charge in [-0.25, -0.2) is 4.98 Å². The molecule has 0 spiro atoms. The second-order valence-corrected chi connectivity index (χ2v) is 6.98. The van der Waals surface area contributed by atoms with Crippen LogP contribution in [0.1, 0.15) is 23.2 Å². The summed E-state index contributed by atoms with van der Waals surface area (Å²) in [4.78, 5) is 19.1. The van der Waals surface area contributed by atoms with E-state index in [-0.39, 0.29) is 5.91 Å². The maximum absolute atomic E-state index is 12.3. The summed E-state index contributed by atoms with van der Waals surface area (Å²) in [6, 6.07) is 19.0. The summed E-state index contributed by atoms with van der Waals surface area (Å²) in [7, 11) is 1.60. The minimum atomic E-state index is -0.187. The van der Waals surface area contributed by atoms with E-state index in [1.54, 1.807) is 37.6 Å². The maximum atomic E-state index is 12.3. The van der Waals surface area contributed by atoms with Crippen LogP contribution in [0.25, 0.3) is 0 Å². The first-order valence-corrected chi connectivity index (χ1v) is 9.75. The Kier molecular flexibility index (Phi) is 5.61. The molecular formula is C23H24N4O2. The molecule has 0 atom stereocenters. The molecule has 2 aromatic carbocycles. The highest BCUT2D eigenvalue weighted by molar-refractivity contribution is 6.04. The van der Waals surface area contributed by atoms with Gasteiger partial charge in [-0.3, -0.25) is 4.79 Å². The van der Waals surface area contributed by atoms with Crippen molar-refractivity contribution in [1.82, 2.24) is 4.98 Å². The number of carbonyl (C=O) groups excluding carboxylic acids is 1. The van der Waals surface area contributed by atoms with Crippen LogP contribution in [0, 0.1) is 0 Å². The fourth-order valence-corrected chi connectivity index (χ4v) is 3.37. The van der Waals surface area contributed by atoms with Gasteiger partial charge in [0.1, 0.15) is 11.6 Å². The second kappa shape index (κ2) is 8.65. The van der Waals surface area contributed by atoms with Crippen molar-refractivity contribution in [3.8, 4) is 5.75 Å². The first kappa shape index (κ1) is 18.8. The third-order valence-electron chi connectivity index (χ3n) is 4.98. The standard InChI is InChI=1S/C23H24N4O2/c1-29-21-11-4-17(5-12-21)23(28)26-19-8-13-22(24-16-19)25-18-6-9-20(10-7-18)27-14-2-3-15-27/h4-13,16H,2-3,14-15H2,1H3,(H,24,25)(H,26,28). The van der Waals surface area contributed by atoms with Crippen LogP contribution in [0.3, 0.4) is 0 Å². The molecule has 1 aromatic heterocycles. The lowest BCUT2D eigenvalue weighted by molar-refractivity contribution is 0.102. The Hall–Kier alpha value is -3.54. The molecule has 6 heteroatoms. The molecule has 2 heterocycles. The van der Waals surface area contributed by atoms with Crippen molar-refractivity contribution < 1.29 is 9.53 Å². The van der Waals surface area contributed by atoms with Crippen LogP contribution >= 0.6 is 0 Å². The number of ether oxygens (including phenoxy) is 1. The average Bonchev–Trinajstić information content (AvgIpc) is 3.31. The van der Waals surface area contributed by atoms with E-state index in [1.165, 1.54) is 18.5 Å². The number of aromatic nitrogens is 1. The fraction of sp³-hybridized carbons (Fsp3) is 0.217. The van der Waals surface area contributed by atoms with Crippen molar-refractivity contribution in [1.29, 1.82) is 0 Å². The first-order chi connectivity index (χ1) is 14.2. The van der Waals surface area contributed by atoms with Gasteiger partial charge in [-0.2, -0.15) is 0 Å². The molecular weight excluding hydrogens is 364 g/mol. The normalized spacial score (nSPS) is 13.2. The summed E-state index contributed by atoms with van der Waals surface area (Å²) in [6.45, 7) is 2.27. The number of methoxy groups -OCH3 is 1. The van der Waals surface area contributed by atoms with Crippen LogP contribution in [-0.2, 0) is 0 Å². The molecule has 148 valence electrons. The highest BCUT2D eigenvalue weighted by Gasteiger charge is 2.12. The molecule has 1 aliphatic rings. The van der Waals surface area contributed by atoms with E-state index in [4.69, 9.17) is 4.74 Å². The lowest BCUT2D eigenvalue weighted by Crippen LogP contribution is -2.17. The van der Waals surface area contributed by atoms with Gasteiger partial charge in [0.2, 0.25) is 0 Å². The van der Waals surface area contributed by atoms with Crippen LogP contribution in [0.5, 0.6) is 5.75 Å². The Morgan fingerprint density at radius 3 is 2.24 bits per heavy atom. The van der Waals surface area contributed by atoms with Crippen molar-refractivity contribution in [2.24, 2.45) is 0 Å². The molecule has 2 N–H and O–H groups in total. The van der Waals surface area contributed by atoms with Crippen LogP contribution < -0.4 is 20.3 Å².